The number of ether oxygens (including phenoxy) is 1. The Morgan fingerprint density at radius 1 is 1.00 bits per heavy atom. The second-order valence-corrected chi connectivity index (χ2v) is 6.94. The van der Waals surface area contributed by atoms with Gasteiger partial charge in [-0.1, -0.05) is 6.07 Å². The third-order valence-electron chi connectivity index (χ3n) is 5.67. The molecule has 5 heteroatoms. The molecular formula is C18H22F4O. The minimum absolute atomic E-state index is 0.173. The molecule has 4 atom stereocenters. The van der Waals surface area contributed by atoms with Crippen LogP contribution in [-0.2, 0) is 10.9 Å². The van der Waals surface area contributed by atoms with E-state index >= 15 is 0 Å². The van der Waals surface area contributed by atoms with Crippen LogP contribution in [0.1, 0.15) is 55.6 Å². The van der Waals surface area contributed by atoms with Crippen molar-refractivity contribution < 1.29 is 22.3 Å². The molecule has 0 N–H and O–H groups in total. The Kier molecular flexibility index (Phi) is 4.68. The van der Waals surface area contributed by atoms with Gasteiger partial charge in [0.15, 0.2) is 0 Å². The fourth-order valence-corrected chi connectivity index (χ4v) is 4.38. The third-order valence-corrected chi connectivity index (χ3v) is 5.67. The van der Waals surface area contributed by atoms with Gasteiger partial charge >= 0.3 is 6.18 Å². The molecule has 0 aliphatic heterocycles. The Morgan fingerprint density at radius 3 is 2.35 bits per heavy atom. The predicted molar refractivity (Wildman–Crippen MR) is 79.6 cm³/mol. The van der Waals surface area contributed by atoms with Crippen LogP contribution in [0, 0.1) is 17.7 Å². The summed E-state index contributed by atoms with van der Waals surface area (Å²) in [5.74, 6) is 0.252. The summed E-state index contributed by atoms with van der Waals surface area (Å²) in [7, 11) is 1.75. The van der Waals surface area contributed by atoms with Crippen LogP contribution in [0.2, 0.25) is 0 Å². The largest absolute Gasteiger partial charge is 0.419 e. The van der Waals surface area contributed by atoms with Gasteiger partial charge in [-0.2, -0.15) is 13.2 Å². The molecule has 128 valence electrons. The fourth-order valence-electron chi connectivity index (χ4n) is 4.38. The first-order chi connectivity index (χ1) is 10.9. The zero-order chi connectivity index (χ0) is 16.6. The highest BCUT2D eigenvalue weighted by Crippen LogP contribution is 2.47. The number of rotatable bonds is 2. The first-order valence-electron chi connectivity index (χ1n) is 8.28. The maximum atomic E-state index is 13.8. The van der Waals surface area contributed by atoms with E-state index < -0.39 is 17.6 Å². The van der Waals surface area contributed by atoms with Gasteiger partial charge < -0.3 is 4.74 Å². The van der Waals surface area contributed by atoms with Crippen molar-refractivity contribution in [3.05, 3.63) is 35.1 Å². The highest BCUT2D eigenvalue weighted by atomic mass is 19.4. The number of halogens is 4. The summed E-state index contributed by atoms with van der Waals surface area (Å²) in [4.78, 5) is 0. The Balaban J connectivity index is 1.71. The van der Waals surface area contributed by atoms with Crippen molar-refractivity contribution in [2.45, 2.75) is 56.7 Å². The van der Waals surface area contributed by atoms with Crippen molar-refractivity contribution in [1.29, 1.82) is 0 Å². The molecule has 1 aromatic carbocycles. The molecule has 2 saturated carbocycles. The maximum absolute atomic E-state index is 13.8. The van der Waals surface area contributed by atoms with E-state index in [0.29, 0.717) is 23.5 Å². The second kappa shape index (κ2) is 6.42. The van der Waals surface area contributed by atoms with Crippen molar-refractivity contribution in [1.82, 2.24) is 0 Å². The predicted octanol–water partition coefficient (Wildman–Crippen LogP) is 5.54. The van der Waals surface area contributed by atoms with Gasteiger partial charge in [-0.3, -0.25) is 0 Å². The monoisotopic (exact) mass is 330 g/mol. The molecule has 0 amide bonds. The highest BCUT2D eigenvalue weighted by molar-refractivity contribution is 5.29. The summed E-state index contributed by atoms with van der Waals surface area (Å²) in [5.41, 5.74) is -0.460. The zero-order valence-electron chi connectivity index (χ0n) is 13.2. The minimum atomic E-state index is -4.63. The smallest absolute Gasteiger partial charge is 0.381 e. The van der Waals surface area contributed by atoms with E-state index in [1.807, 2.05) is 0 Å². The lowest BCUT2D eigenvalue weighted by molar-refractivity contribution is -0.140. The van der Waals surface area contributed by atoms with Crippen molar-refractivity contribution >= 4 is 0 Å². The second-order valence-electron chi connectivity index (χ2n) is 6.94. The van der Waals surface area contributed by atoms with Gasteiger partial charge in [0.25, 0.3) is 0 Å². The van der Waals surface area contributed by atoms with Crippen molar-refractivity contribution in [3.8, 4) is 0 Å². The standard InChI is InChI=1S/C18H22F4O/c1-23-15-6-4-12-8-11(2-3-13(12)9-15)14-5-7-16(17(19)10-14)18(20,21)22/h5,7,10-13,15H,2-4,6,8-9H2,1H3. The molecule has 2 fully saturated rings. The van der Waals surface area contributed by atoms with Gasteiger partial charge in [0.2, 0.25) is 0 Å². The topological polar surface area (TPSA) is 9.23 Å². The van der Waals surface area contributed by atoms with E-state index in [0.717, 1.165) is 50.7 Å². The van der Waals surface area contributed by atoms with E-state index in [1.54, 1.807) is 7.11 Å². The molecule has 2 aliphatic carbocycles. The molecule has 0 aromatic heterocycles. The number of methoxy groups -OCH3 is 1. The molecule has 4 unspecified atom stereocenters. The molecule has 23 heavy (non-hydrogen) atoms. The third kappa shape index (κ3) is 3.54. The summed E-state index contributed by atoms with van der Waals surface area (Å²) in [6.07, 6.45) is 1.87. The normalized spacial score (nSPS) is 31.7. The van der Waals surface area contributed by atoms with E-state index in [9.17, 15) is 17.6 Å². The lowest BCUT2D eigenvalue weighted by atomic mass is 9.65. The average Bonchev–Trinajstić information content (AvgIpc) is 2.52. The first-order valence-corrected chi connectivity index (χ1v) is 8.28. The van der Waals surface area contributed by atoms with Crippen LogP contribution in [0.4, 0.5) is 17.6 Å². The average molecular weight is 330 g/mol. The Bertz CT molecular complexity index is 554. The molecule has 0 radical (unpaired) electrons. The number of hydrogen-bond donors (Lipinski definition) is 0. The minimum Gasteiger partial charge on any atom is -0.381 e. The quantitative estimate of drug-likeness (QED) is 0.647. The van der Waals surface area contributed by atoms with Gasteiger partial charge in [0, 0.05) is 7.11 Å². The molecule has 0 saturated heterocycles. The van der Waals surface area contributed by atoms with Crippen molar-refractivity contribution in [2.24, 2.45) is 11.8 Å². The van der Waals surface area contributed by atoms with Crippen LogP contribution in [0.3, 0.4) is 0 Å². The molecular weight excluding hydrogens is 308 g/mol. The Labute approximate surface area is 134 Å². The highest BCUT2D eigenvalue weighted by Gasteiger charge is 2.37. The van der Waals surface area contributed by atoms with E-state index in [2.05, 4.69) is 0 Å². The molecule has 3 rings (SSSR count). The first kappa shape index (κ1) is 16.7. The van der Waals surface area contributed by atoms with Crippen LogP contribution in [0.5, 0.6) is 0 Å². The molecule has 1 aromatic rings. The van der Waals surface area contributed by atoms with Crippen LogP contribution >= 0.6 is 0 Å². The van der Waals surface area contributed by atoms with Gasteiger partial charge in [-0.25, -0.2) is 4.39 Å². The van der Waals surface area contributed by atoms with Crippen LogP contribution < -0.4 is 0 Å². The van der Waals surface area contributed by atoms with E-state index in [-0.39, 0.29) is 5.92 Å². The van der Waals surface area contributed by atoms with Crippen LogP contribution in [-0.4, -0.2) is 13.2 Å². The molecule has 0 heterocycles. The maximum Gasteiger partial charge on any atom is 0.419 e. The Hall–Kier alpha value is -1.10. The number of fused-ring (bicyclic) bond motifs is 1. The molecule has 1 nitrogen and oxygen atoms in total. The van der Waals surface area contributed by atoms with Gasteiger partial charge in [-0.05, 0) is 74.0 Å². The summed E-state index contributed by atoms with van der Waals surface area (Å²) in [6.45, 7) is 0. The van der Waals surface area contributed by atoms with Crippen LogP contribution in [0.15, 0.2) is 18.2 Å². The molecule has 0 bridgehead atoms. The number of hydrogen-bond acceptors (Lipinski definition) is 1. The number of benzene rings is 1. The van der Waals surface area contributed by atoms with Crippen LogP contribution in [0.25, 0.3) is 0 Å². The van der Waals surface area contributed by atoms with Crippen molar-refractivity contribution in [2.75, 3.05) is 7.11 Å². The van der Waals surface area contributed by atoms with Gasteiger partial charge in [0.1, 0.15) is 5.82 Å². The summed E-state index contributed by atoms with van der Waals surface area (Å²) >= 11 is 0. The van der Waals surface area contributed by atoms with E-state index in [4.69, 9.17) is 4.74 Å². The van der Waals surface area contributed by atoms with E-state index in [1.165, 1.54) is 6.07 Å². The number of alkyl halides is 3. The Morgan fingerprint density at radius 2 is 1.70 bits per heavy atom. The SMILES string of the molecule is COC1CCC2CC(c3ccc(C(F)(F)F)c(F)c3)CCC2C1. The van der Waals surface area contributed by atoms with Gasteiger partial charge in [0.05, 0.1) is 11.7 Å². The molecule has 0 spiro atoms. The van der Waals surface area contributed by atoms with Gasteiger partial charge in [-0.15, -0.1) is 0 Å². The lowest BCUT2D eigenvalue weighted by Gasteiger charge is -2.42. The summed E-state index contributed by atoms with van der Waals surface area (Å²) < 4.78 is 57.2. The molecule has 2 aliphatic rings. The summed E-state index contributed by atoms with van der Waals surface area (Å²) in [6, 6.07) is 3.44. The zero-order valence-corrected chi connectivity index (χ0v) is 13.2. The fraction of sp³-hybridized carbons (Fsp3) is 0.667. The lowest BCUT2D eigenvalue weighted by Crippen LogP contribution is -2.33. The summed E-state index contributed by atoms with van der Waals surface area (Å²) in [5, 5.41) is 0. The van der Waals surface area contributed by atoms with Crippen molar-refractivity contribution in [3.63, 3.8) is 0 Å².